The van der Waals surface area contributed by atoms with Crippen molar-refractivity contribution in [2.45, 2.75) is 6.92 Å². The lowest BCUT2D eigenvalue weighted by molar-refractivity contribution is -0.510. The first-order chi connectivity index (χ1) is 11.6. The molecule has 2 heterocycles. The van der Waals surface area contributed by atoms with E-state index in [2.05, 4.69) is 69.8 Å². The fourth-order valence-electron chi connectivity index (χ4n) is 2.55. The third-order valence-electron chi connectivity index (χ3n) is 3.85. The molecule has 0 saturated carbocycles. The van der Waals surface area contributed by atoms with E-state index in [-0.39, 0.29) is 0 Å². The molecule has 3 rings (SSSR count). The molecule has 0 aliphatic heterocycles. The summed E-state index contributed by atoms with van der Waals surface area (Å²) in [4.78, 5) is 0. The third kappa shape index (κ3) is 3.33. The molecule has 24 heavy (non-hydrogen) atoms. The molecule has 0 radical (unpaired) electrons. The van der Waals surface area contributed by atoms with Crippen LogP contribution < -0.4 is 10.1 Å². The zero-order valence-electron chi connectivity index (χ0n) is 14.0. The Balaban J connectivity index is 1.90. The summed E-state index contributed by atoms with van der Waals surface area (Å²) in [6.45, 7) is 2.10. The Bertz CT molecular complexity index is 922. The second-order valence-electron chi connectivity index (χ2n) is 5.55. The highest BCUT2D eigenvalue weighted by Gasteiger charge is 2.15. The Hall–Kier alpha value is -2.60. The fourth-order valence-corrected chi connectivity index (χ4v) is 2.68. The quantitative estimate of drug-likeness (QED) is 0.345. The topological polar surface area (TPSA) is 59.8 Å². The number of nitrogens with zero attached hydrogens (tertiary/aromatic N) is 4. The van der Waals surface area contributed by atoms with E-state index in [1.165, 1.54) is 17.3 Å². The molecule has 0 saturated heterocycles. The molecule has 0 fully saturated rings. The molecular weight excluding hydrogens is 318 g/mol. The highest BCUT2D eigenvalue weighted by atomic mass is 32.2. The molecule has 0 amide bonds. The number of aromatic nitrogens is 2. The van der Waals surface area contributed by atoms with Crippen molar-refractivity contribution < 1.29 is 4.40 Å². The summed E-state index contributed by atoms with van der Waals surface area (Å²) >= 11 is 1.37. The highest BCUT2D eigenvalue weighted by molar-refractivity contribution is 8.13. The predicted octanol–water partition coefficient (Wildman–Crippen LogP) is 2.75. The van der Waals surface area contributed by atoms with Gasteiger partial charge in [0.2, 0.25) is 0 Å². The summed E-state index contributed by atoms with van der Waals surface area (Å²) in [6.07, 6.45) is 7.85. The number of hydrogen-bond acceptors (Lipinski definition) is 3. The summed E-state index contributed by atoms with van der Waals surface area (Å²) in [5.41, 5.74) is 11.3. The first-order valence-corrected chi connectivity index (χ1v) is 8.79. The number of imidazole rings is 1. The second kappa shape index (κ2) is 6.88. The van der Waals surface area contributed by atoms with Crippen LogP contribution in [0.25, 0.3) is 16.9 Å². The van der Waals surface area contributed by atoms with E-state index in [0.717, 1.165) is 22.5 Å². The van der Waals surface area contributed by atoms with E-state index in [1.54, 1.807) is 6.21 Å². The molecule has 1 aromatic carbocycles. The first-order valence-electron chi connectivity index (χ1n) is 7.57. The molecular formula is C18H20N5S+. The summed E-state index contributed by atoms with van der Waals surface area (Å²) in [6, 6.07) is 12.5. The van der Waals surface area contributed by atoms with Crippen LogP contribution in [0.5, 0.6) is 0 Å². The van der Waals surface area contributed by atoms with E-state index >= 15 is 0 Å². The van der Waals surface area contributed by atoms with Crippen molar-refractivity contribution in [1.82, 2.24) is 4.57 Å². The Morgan fingerprint density at radius 3 is 2.62 bits per heavy atom. The van der Waals surface area contributed by atoms with Gasteiger partial charge in [0.05, 0.1) is 19.5 Å². The molecule has 2 N–H and O–H groups in total. The molecule has 0 spiro atoms. The SMILES string of the molecule is CS/C(N)=N/N=C/c1ccc(-c2c[n+]3cc(C)ccc3n2C)cc1. The van der Waals surface area contributed by atoms with Crippen LogP contribution in [0, 0.1) is 6.92 Å². The first kappa shape index (κ1) is 16.3. The maximum absolute atomic E-state index is 5.60. The van der Waals surface area contributed by atoms with Gasteiger partial charge >= 0.3 is 0 Å². The average Bonchev–Trinajstić information content (AvgIpc) is 2.91. The van der Waals surface area contributed by atoms with Gasteiger partial charge in [0, 0.05) is 11.6 Å². The van der Waals surface area contributed by atoms with Gasteiger partial charge in [0.25, 0.3) is 5.65 Å². The summed E-state index contributed by atoms with van der Waals surface area (Å²) in [5.74, 6) is 0. The van der Waals surface area contributed by atoms with Gasteiger partial charge in [-0.3, -0.25) is 0 Å². The van der Waals surface area contributed by atoms with Crippen LogP contribution in [0.3, 0.4) is 0 Å². The number of aryl methyl sites for hydroxylation is 2. The van der Waals surface area contributed by atoms with E-state index in [0.29, 0.717) is 5.17 Å². The molecule has 0 bridgehead atoms. The van der Waals surface area contributed by atoms with E-state index in [9.17, 15) is 0 Å². The molecule has 0 atom stereocenters. The molecule has 2 aromatic heterocycles. The van der Waals surface area contributed by atoms with E-state index < -0.39 is 0 Å². The largest absolute Gasteiger partial charge is 0.377 e. The number of fused-ring (bicyclic) bond motifs is 1. The molecule has 0 aliphatic rings. The number of thioether (sulfide) groups is 1. The molecule has 0 unspecified atom stereocenters. The van der Waals surface area contributed by atoms with Gasteiger partial charge in [-0.15, -0.1) is 5.10 Å². The van der Waals surface area contributed by atoms with Crippen LogP contribution >= 0.6 is 11.8 Å². The maximum atomic E-state index is 5.60. The minimum atomic E-state index is 0.450. The van der Waals surface area contributed by atoms with Crippen molar-refractivity contribution in [3.05, 3.63) is 59.9 Å². The number of nitrogens with two attached hydrogens (primary N) is 1. The van der Waals surface area contributed by atoms with Crippen molar-refractivity contribution in [3.8, 4) is 11.3 Å². The van der Waals surface area contributed by atoms with Gasteiger partial charge in [-0.2, -0.15) is 5.10 Å². The minimum Gasteiger partial charge on any atom is -0.377 e. The fraction of sp³-hybridized carbons (Fsp3) is 0.167. The average molecular weight is 338 g/mol. The van der Waals surface area contributed by atoms with Crippen molar-refractivity contribution in [2.75, 3.05) is 6.26 Å². The van der Waals surface area contributed by atoms with Gasteiger partial charge in [0.15, 0.2) is 10.9 Å². The molecule has 0 aliphatic carbocycles. The van der Waals surface area contributed by atoms with Gasteiger partial charge in [-0.1, -0.05) is 23.9 Å². The molecule has 5 nitrogen and oxygen atoms in total. The second-order valence-corrected chi connectivity index (χ2v) is 6.38. The standard InChI is InChI=1S/C18H20N5S/c1-13-4-9-17-22(2)16(12-23(17)11-13)15-7-5-14(6-8-15)10-20-21-18(19)24-3/h4-12H,1-3H3,(H2,19,21)/q+1/b20-10+. The van der Waals surface area contributed by atoms with Gasteiger partial charge in [-0.05, 0) is 42.5 Å². The summed E-state index contributed by atoms with van der Waals surface area (Å²) in [5, 5.41) is 8.32. The van der Waals surface area contributed by atoms with E-state index in [4.69, 9.17) is 5.73 Å². The summed E-state index contributed by atoms with van der Waals surface area (Å²) in [7, 11) is 2.08. The van der Waals surface area contributed by atoms with Gasteiger partial charge in [-0.25, -0.2) is 8.97 Å². The highest BCUT2D eigenvalue weighted by Crippen LogP contribution is 2.20. The molecule has 122 valence electrons. The predicted molar refractivity (Wildman–Crippen MR) is 101 cm³/mol. The lowest BCUT2D eigenvalue weighted by Crippen LogP contribution is -2.18. The number of benzene rings is 1. The van der Waals surface area contributed by atoms with Crippen molar-refractivity contribution in [2.24, 2.45) is 23.0 Å². The van der Waals surface area contributed by atoms with Crippen molar-refractivity contribution in [3.63, 3.8) is 0 Å². The maximum Gasteiger partial charge on any atom is 0.286 e. The van der Waals surface area contributed by atoms with Gasteiger partial charge < -0.3 is 5.73 Å². The van der Waals surface area contributed by atoms with E-state index in [1.807, 2.05) is 18.4 Å². The minimum absolute atomic E-state index is 0.450. The molecule has 6 heteroatoms. The number of hydrogen-bond donors (Lipinski definition) is 1. The van der Waals surface area contributed by atoms with Crippen LogP contribution in [0.2, 0.25) is 0 Å². The van der Waals surface area contributed by atoms with Crippen LogP contribution in [-0.4, -0.2) is 22.2 Å². The lowest BCUT2D eigenvalue weighted by Gasteiger charge is -1.98. The van der Waals surface area contributed by atoms with Crippen LogP contribution in [0.15, 0.2) is 59.0 Å². The lowest BCUT2D eigenvalue weighted by atomic mass is 10.1. The monoisotopic (exact) mass is 338 g/mol. The third-order valence-corrected chi connectivity index (χ3v) is 4.35. The van der Waals surface area contributed by atoms with Crippen molar-refractivity contribution >= 4 is 28.8 Å². The van der Waals surface area contributed by atoms with Crippen LogP contribution in [-0.2, 0) is 7.05 Å². The Kier molecular flexibility index (Phi) is 4.66. The van der Waals surface area contributed by atoms with Crippen LogP contribution in [0.4, 0.5) is 0 Å². The smallest absolute Gasteiger partial charge is 0.286 e. The van der Waals surface area contributed by atoms with Crippen LogP contribution in [0.1, 0.15) is 11.1 Å². The Labute approximate surface area is 145 Å². The number of amidine groups is 1. The zero-order chi connectivity index (χ0) is 17.1. The Morgan fingerprint density at radius 1 is 1.17 bits per heavy atom. The zero-order valence-corrected chi connectivity index (χ0v) is 14.8. The number of pyridine rings is 1. The number of rotatable bonds is 3. The molecule has 3 aromatic rings. The normalized spacial score (nSPS) is 12.4. The van der Waals surface area contributed by atoms with Gasteiger partial charge in [0.1, 0.15) is 6.20 Å². The van der Waals surface area contributed by atoms with Crippen molar-refractivity contribution in [1.29, 1.82) is 0 Å². The summed E-state index contributed by atoms with van der Waals surface area (Å²) < 4.78 is 4.34. The Morgan fingerprint density at radius 2 is 1.92 bits per heavy atom.